The number of halogens is 1. The Morgan fingerprint density at radius 2 is 2.17 bits per heavy atom. The van der Waals surface area contributed by atoms with Crippen molar-refractivity contribution in [1.82, 2.24) is 5.06 Å². The number of hydrogen-bond acceptors (Lipinski definition) is 2. The molecule has 1 heterocycles. The van der Waals surface area contributed by atoms with Crippen LogP contribution in [0.15, 0.2) is 30.3 Å². The molecule has 0 aromatic heterocycles. The van der Waals surface area contributed by atoms with Crippen LogP contribution in [0, 0.1) is 5.41 Å². The second-order valence-corrected chi connectivity index (χ2v) is 5.35. The van der Waals surface area contributed by atoms with Crippen LogP contribution in [0.2, 0.25) is 5.02 Å². The molecule has 0 spiro atoms. The summed E-state index contributed by atoms with van der Waals surface area (Å²) in [6.45, 7) is 4.64. The van der Waals surface area contributed by atoms with Crippen molar-refractivity contribution in [1.29, 1.82) is 0 Å². The predicted octanol–water partition coefficient (Wildman–Crippen LogP) is 3.15. The van der Waals surface area contributed by atoms with Gasteiger partial charge >= 0.3 is 0 Å². The second-order valence-electron chi connectivity index (χ2n) is 4.95. The Kier molecular flexibility index (Phi) is 3.73. The third kappa shape index (κ3) is 2.74. The number of rotatable bonds is 3. The minimum Gasteiger partial charge on any atom is -0.272 e. The third-order valence-electron chi connectivity index (χ3n) is 2.86. The van der Waals surface area contributed by atoms with Gasteiger partial charge in [0, 0.05) is 5.02 Å². The van der Waals surface area contributed by atoms with Crippen molar-refractivity contribution >= 4 is 23.6 Å². The molecule has 0 N–H and O–H groups in total. The maximum atomic E-state index is 11.9. The monoisotopic (exact) mass is 265 g/mol. The number of hydrogen-bond donors (Lipinski definition) is 0. The molecular formula is C14H16ClNO2. The van der Waals surface area contributed by atoms with Gasteiger partial charge in [0.05, 0.1) is 18.6 Å². The fraction of sp³-hybridized carbons (Fsp3) is 0.357. The van der Waals surface area contributed by atoms with Crippen LogP contribution in [0.3, 0.4) is 0 Å². The molecule has 96 valence electrons. The minimum absolute atomic E-state index is 0.0197. The van der Waals surface area contributed by atoms with Crippen LogP contribution in [0.25, 0.3) is 6.08 Å². The molecule has 1 fully saturated rings. The summed E-state index contributed by atoms with van der Waals surface area (Å²) in [6, 6.07) is 7.57. The lowest BCUT2D eigenvalue weighted by molar-refractivity contribution is -0.159. The van der Waals surface area contributed by atoms with Gasteiger partial charge in [-0.3, -0.25) is 9.63 Å². The smallest absolute Gasteiger partial charge is 0.254 e. The first-order valence-electron chi connectivity index (χ1n) is 5.87. The Labute approximate surface area is 112 Å². The average Bonchev–Trinajstić information content (AvgIpc) is 2.58. The molecule has 2 rings (SSSR count). The van der Waals surface area contributed by atoms with E-state index in [0.717, 1.165) is 5.56 Å². The van der Waals surface area contributed by atoms with E-state index in [1.807, 2.05) is 50.3 Å². The van der Waals surface area contributed by atoms with Crippen molar-refractivity contribution in [3.8, 4) is 0 Å². The average molecular weight is 266 g/mol. The fourth-order valence-electron chi connectivity index (χ4n) is 1.72. The Morgan fingerprint density at radius 1 is 1.44 bits per heavy atom. The summed E-state index contributed by atoms with van der Waals surface area (Å²) < 4.78 is 0. The first kappa shape index (κ1) is 13.1. The first-order valence-corrected chi connectivity index (χ1v) is 6.24. The van der Waals surface area contributed by atoms with Crippen molar-refractivity contribution in [2.45, 2.75) is 13.8 Å². The van der Waals surface area contributed by atoms with E-state index in [0.29, 0.717) is 18.2 Å². The molecule has 4 heteroatoms. The van der Waals surface area contributed by atoms with Crippen LogP contribution in [0.5, 0.6) is 0 Å². The van der Waals surface area contributed by atoms with Crippen molar-refractivity contribution in [2.75, 3.05) is 13.2 Å². The highest BCUT2D eigenvalue weighted by atomic mass is 35.5. The second kappa shape index (κ2) is 5.12. The number of hydroxylamine groups is 2. The number of nitrogens with zero attached hydrogens (tertiary/aromatic N) is 1. The van der Waals surface area contributed by atoms with E-state index in [9.17, 15) is 4.79 Å². The number of carbonyl (C=O) groups excluding carboxylic acids is 1. The molecule has 0 bridgehead atoms. The highest BCUT2D eigenvalue weighted by Gasteiger charge is 2.39. The van der Waals surface area contributed by atoms with E-state index >= 15 is 0 Å². The van der Waals surface area contributed by atoms with Crippen molar-refractivity contribution < 1.29 is 9.63 Å². The Morgan fingerprint density at radius 3 is 2.78 bits per heavy atom. The predicted molar refractivity (Wildman–Crippen MR) is 71.9 cm³/mol. The van der Waals surface area contributed by atoms with Crippen LogP contribution in [-0.2, 0) is 9.63 Å². The van der Waals surface area contributed by atoms with E-state index in [1.54, 1.807) is 0 Å². The number of benzene rings is 1. The van der Waals surface area contributed by atoms with Gasteiger partial charge in [0.1, 0.15) is 0 Å². The molecule has 1 aromatic carbocycles. The normalized spacial score (nSPS) is 18.8. The summed E-state index contributed by atoms with van der Waals surface area (Å²) in [5.74, 6) is 0.0197. The zero-order valence-electron chi connectivity index (χ0n) is 10.5. The highest BCUT2D eigenvalue weighted by molar-refractivity contribution is 6.32. The van der Waals surface area contributed by atoms with Crippen LogP contribution < -0.4 is 0 Å². The van der Waals surface area contributed by atoms with E-state index in [-0.39, 0.29) is 5.91 Å². The van der Waals surface area contributed by atoms with Gasteiger partial charge in [-0.1, -0.05) is 42.0 Å². The number of carbonyl (C=O) groups is 1. The largest absolute Gasteiger partial charge is 0.272 e. The minimum atomic E-state index is -0.418. The lowest BCUT2D eigenvalue weighted by atomic mass is 9.95. The standard InChI is InChI=1S/C14H16ClNO2/c1-14(2)10-18-16(13(14)17)9-5-7-11-6-3-4-8-12(11)15/h3-8H,9-10H2,1-2H3/b7-5+. The van der Waals surface area contributed by atoms with Crippen molar-refractivity contribution in [3.05, 3.63) is 40.9 Å². The Balaban J connectivity index is 1.97. The molecule has 0 saturated carbocycles. The van der Waals surface area contributed by atoms with E-state index in [2.05, 4.69) is 0 Å². The molecule has 1 aliphatic rings. The van der Waals surface area contributed by atoms with Gasteiger partial charge < -0.3 is 0 Å². The van der Waals surface area contributed by atoms with Gasteiger partial charge in [-0.05, 0) is 25.5 Å². The van der Waals surface area contributed by atoms with E-state index in [1.165, 1.54) is 5.06 Å². The molecular weight excluding hydrogens is 250 g/mol. The molecule has 0 radical (unpaired) electrons. The summed E-state index contributed by atoms with van der Waals surface area (Å²) in [7, 11) is 0. The Bertz CT molecular complexity index is 482. The summed E-state index contributed by atoms with van der Waals surface area (Å²) in [5, 5.41) is 2.09. The topological polar surface area (TPSA) is 29.5 Å². The first-order chi connectivity index (χ1) is 8.50. The van der Waals surface area contributed by atoms with Gasteiger partial charge in [0.25, 0.3) is 5.91 Å². The molecule has 0 aliphatic carbocycles. The van der Waals surface area contributed by atoms with Crippen molar-refractivity contribution in [2.24, 2.45) is 5.41 Å². The van der Waals surface area contributed by atoms with Gasteiger partial charge in [0.2, 0.25) is 0 Å². The molecule has 18 heavy (non-hydrogen) atoms. The van der Waals surface area contributed by atoms with Gasteiger partial charge in [-0.25, -0.2) is 5.06 Å². The van der Waals surface area contributed by atoms with Gasteiger partial charge in [-0.15, -0.1) is 0 Å². The van der Waals surface area contributed by atoms with Crippen LogP contribution in [0.1, 0.15) is 19.4 Å². The fourth-order valence-corrected chi connectivity index (χ4v) is 1.92. The van der Waals surface area contributed by atoms with E-state index < -0.39 is 5.41 Å². The summed E-state index contributed by atoms with van der Waals surface area (Å²) >= 11 is 6.03. The molecule has 3 nitrogen and oxygen atoms in total. The van der Waals surface area contributed by atoms with Crippen LogP contribution in [0.4, 0.5) is 0 Å². The molecule has 1 aliphatic heterocycles. The summed E-state index contributed by atoms with van der Waals surface area (Å²) in [4.78, 5) is 17.2. The number of amides is 1. The molecule has 1 aromatic rings. The maximum Gasteiger partial charge on any atom is 0.254 e. The third-order valence-corrected chi connectivity index (χ3v) is 3.20. The molecule has 1 amide bonds. The lowest BCUT2D eigenvalue weighted by Crippen LogP contribution is -2.30. The van der Waals surface area contributed by atoms with Crippen molar-refractivity contribution in [3.63, 3.8) is 0 Å². The SMILES string of the molecule is CC1(C)CON(C/C=C/c2ccccc2Cl)C1=O. The van der Waals surface area contributed by atoms with Gasteiger partial charge in [0.15, 0.2) is 0 Å². The summed E-state index contributed by atoms with van der Waals surface area (Å²) in [5.41, 5.74) is 0.517. The zero-order chi connectivity index (χ0) is 13.2. The van der Waals surface area contributed by atoms with Gasteiger partial charge in [-0.2, -0.15) is 0 Å². The highest BCUT2D eigenvalue weighted by Crippen LogP contribution is 2.26. The maximum absolute atomic E-state index is 11.9. The quantitative estimate of drug-likeness (QED) is 0.840. The van der Waals surface area contributed by atoms with E-state index in [4.69, 9.17) is 16.4 Å². The molecule has 1 saturated heterocycles. The molecule has 0 unspecified atom stereocenters. The lowest BCUT2D eigenvalue weighted by Gasteiger charge is -2.14. The summed E-state index contributed by atoms with van der Waals surface area (Å²) in [6.07, 6.45) is 3.77. The zero-order valence-corrected chi connectivity index (χ0v) is 11.3. The molecule has 0 atom stereocenters. The Hall–Kier alpha value is -1.32. The van der Waals surface area contributed by atoms with Crippen LogP contribution in [-0.4, -0.2) is 24.1 Å². The van der Waals surface area contributed by atoms with Crippen LogP contribution >= 0.6 is 11.6 Å².